The summed E-state index contributed by atoms with van der Waals surface area (Å²) in [4.78, 5) is 30.3. The summed E-state index contributed by atoms with van der Waals surface area (Å²) in [5.41, 5.74) is 3.52. The molecule has 6 heteroatoms. The van der Waals surface area contributed by atoms with Crippen molar-refractivity contribution < 1.29 is 4.79 Å². The zero-order valence-corrected chi connectivity index (χ0v) is 17.7. The highest BCUT2D eigenvalue weighted by Gasteiger charge is 2.16. The van der Waals surface area contributed by atoms with E-state index in [9.17, 15) is 9.59 Å². The maximum Gasteiger partial charge on any atom is 0.282 e. The first-order valence-corrected chi connectivity index (χ1v) is 10.3. The summed E-state index contributed by atoms with van der Waals surface area (Å²) in [6.07, 6.45) is 1.64. The highest BCUT2D eigenvalue weighted by Crippen LogP contribution is 2.25. The molecule has 0 amide bonds. The van der Waals surface area contributed by atoms with E-state index in [1.54, 1.807) is 16.8 Å². The average Bonchev–Trinajstić information content (AvgIpc) is 3.10. The number of fused-ring (bicyclic) bond motifs is 2. The third kappa shape index (κ3) is 3.13. The predicted octanol–water partition coefficient (Wildman–Crippen LogP) is 4.87. The van der Waals surface area contributed by atoms with Gasteiger partial charge < -0.3 is 0 Å². The predicted molar refractivity (Wildman–Crippen MR) is 127 cm³/mol. The minimum absolute atomic E-state index is 0.0761. The molecule has 3 aromatic carbocycles. The van der Waals surface area contributed by atoms with Gasteiger partial charge in [0.15, 0.2) is 5.82 Å². The number of carbonyl (C=O) groups is 1. The Labute approximate surface area is 184 Å². The standard InChI is InChI=1S/C26H20N4O2/c1-17-22(20-12-7-9-15-24(20)29(17)18(2)31)16-27-30-25(19-10-4-3-5-11-19)28-23-14-8-6-13-21(23)26(30)32/h3-16H,1-2H3. The molecular formula is C26H20N4O2. The van der Waals surface area contributed by atoms with Crippen LogP contribution in [0.1, 0.15) is 23.0 Å². The first-order chi connectivity index (χ1) is 15.6. The topological polar surface area (TPSA) is 69.2 Å². The normalized spacial score (nSPS) is 11.6. The first-order valence-electron chi connectivity index (χ1n) is 10.3. The Morgan fingerprint density at radius 1 is 0.906 bits per heavy atom. The lowest BCUT2D eigenvalue weighted by Gasteiger charge is -2.09. The smallest absolute Gasteiger partial charge is 0.282 e. The van der Waals surface area contributed by atoms with Gasteiger partial charge in [0.1, 0.15) is 0 Å². The molecule has 0 saturated heterocycles. The molecule has 0 radical (unpaired) electrons. The summed E-state index contributed by atoms with van der Waals surface area (Å²) in [5, 5.41) is 5.97. The number of hydrogen-bond acceptors (Lipinski definition) is 4. The fraction of sp³-hybridized carbons (Fsp3) is 0.0769. The van der Waals surface area contributed by atoms with Gasteiger partial charge in [-0.3, -0.25) is 14.2 Å². The number of nitrogens with zero attached hydrogens (tertiary/aromatic N) is 4. The van der Waals surface area contributed by atoms with E-state index < -0.39 is 0 Å². The van der Waals surface area contributed by atoms with Gasteiger partial charge in [-0.1, -0.05) is 60.7 Å². The van der Waals surface area contributed by atoms with Gasteiger partial charge in [-0.05, 0) is 25.1 Å². The van der Waals surface area contributed by atoms with Gasteiger partial charge in [-0.2, -0.15) is 9.78 Å². The molecule has 5 rings (SSSR count). The van der Waals surface area contributed by atoms with Crippen LogP contribution in [-0.2, 0) is 0 Å². The molecule has 0 aliphatic carbocycles. The van der Waals surface area contributed by atoms with E-state index in [4.69, 9.17) is 4.98 Å². The lowest BCUT2D eigenvalue weighted by Crippen LogP contribution is -2.20. The van der Waals surface area contributed by atoms with Gasteiger partial charge in [0.2, 0.25) is 5.91 Å². The summed E-state index contributed by atoms with van der Waals surface area (Å²) in [5.74, 6) is 0.381. The molecule has 0 atom stereocenters. The van der Waals surface area contributed by atoms with Crippen LogP contribution in [-0.4, -0.2) is 26.3 Å². The Morgan fingerprint density at radius 3 is 2.31 bits per heavy atom. The van der Waals surface area contributed by atoms with Crippen molar-refractivity contribution in [2.24, 2.45) is 5.10 Å². The number of carbonyl (C=O) groups excluding carboxylic acids is 1. The molecule has 2 aromatic heterocycles. The van der Waals surface area contributed by atoms with E-state index in [1.165, 1.54) is 11.6 Å². The third-order valence-corrected chi connectivity index (χ3v) is 5.56. The number of aromatic nitrogens is 3. The van der Waals surface area contributed by atoms with Crippen LogP contribution in [0.5, 0.6) is 0 Å². The van der Waals surface area contributed by atoms with Crippen LogP contribution in [0.15, 0.2) is 88.8 Å². The van der Waals surface area contributed by atoms with E-state index in [-0.39, 0.29) is 11.5 Å². The molecule has 0 N–H and O–H groups in total. The van der Waals surface area contributed by atoms with Crippen LogP contribution < -0.4 is 5.56 Å². The molecule has 156 valence electrons. The Kier molecular flexibility index (Phi) is 4.75. The molecule has 2 heterocycles. The van der Waals surface area contributed by atoms with E-state index in [0.29, 0.717) is 16.7 Å². The SMILES string of the molecule is CC(=O)n1c(C)c(C=Nn2c(-c3ccccc3)nc3ccccc3c2=O)c2ccccc21. The third-order valence-electron chi connectivity index (χ3n) is 5.56. The molecule has 0 saturated carbocycles. The fourth-order valence-electron chi connectivity index (χ4n) is 4.08. The van der Waals surface area contributed by atoms with E-state index >= 15 is 0 Å². The van der Waals surface area contributed by atoms with Gasteiger partial charge in [0, 0.05) is 29.1 Å². The van der Waals surface area contributed by atoms with Crippen molar-refractivity contribution in [2.75, 3.05) is 0 Å². The van der Waals surface area contributed by atoms with Crippen molar-refractivity contribution >= 4 is 33.9 Å². The van der Waals surface area contributed by atoms with Crippen LogP contribution >= 0.6 is 0 Å². The zero-order valence-electron chi connectivity index (χ0n) is 17.7. The zero-order chi connectivity index (χ0) is 22.2. The van der Waals surface area contributed by atoms with Gasteiger partial charge in [0.05, 0.1) is 22.6 Å². The molecule has 32 heavy (non-hydrogen) atoms. The maximum absolute atomic E-state index is 13.4. The Bertz CT molecular complexity index is 1580. The molecule has 0 aliphatic rings. The highest BCUT2D eigenvalue weighted by atomic mass is 16.2. The van der Waals surface area contributed by atoms with Gasteiger partial charge in [-0.25, -0.2) is 4.98 Å². The van der Waals surface area contributed by atoms with Crippen molar-refractivity contribution in [1.82, 2.24) is 14.2 Å². The van der Waals surface area contributed by atoms with Crippen molar-refractivity contribution in [3.63, 3.8) is 0 Å². The molecule has 0 fully saturated rings. The molecule has 5 aromatic rings. The number of para-hydroxylation sites is 2. The van der Waals surface area contributed by atoms with Crippen LogP contribution in [0.2, 0.25) is 0 Å². The lowest BCUT2D eigenvalue weighted by atomic mass is 10.1. The minimum Gasteiger partial charge on any atom is -0.284 e. The van der Waals surface area contributed by atoms with Crippen molar-refractivity contribution in [3.05, 3.63) is 100 Å². The first kappa shape index (κ1) is 19.6. The van der Waals surface area contributed by atoms with Gasteiger partial charge >= 0.3 is 0 Å². The fourth-order valence-corrected chi connectivity index (χ4v) is 4.08. The van der Waals surface area contributed by atoms with Gasteiger partial charge in [0.25, 0.3) is 5.56 Å². The summed E-state index contributed by atoms with van der Waals surface area (Å²) >= 11 is 0. The van der Waals surface area contributed by atoms with Gasteiger partial charge in [-0.15, -0.1) is 0 Å². The number of benzene rings is 3. The minimum atomic E-state index is -0.251. The number of rotatable bonds is 3. The quantitative estimate of drug-likeness (QED) is 0.391. The van der Waals surface area contributed by atoms with E-state index in [2.05, 4.69) is 5.10 Å². The summed E-state index contributed by atoms with van der Waals surface area (Å²) in [7, 11) is 0. The number of hydrogen-bond donors (Lipinski definition) is 0. The molecule has 0 unspecified atom stereocenters. The van der Waals surface area contributed by atoms with Crippen LogP contribution in [0, 0.1) is 6.92 Å². The van der Waals surface area contributed by atoms with E-state index in [1.807, 2.05) is 79.7 Å². The lowest BCUT2D eigenvalue weighted by molar-refractivity contribution is 0.0939. The van der Waals surface area contributed by atoms with Crippen molar-refractivity contribution in [2.45, 2.75) is 13.8 Å². The summed E-state index contributed by atoms with van der Waals surface area (Å²) < 4.78 is 2.99. The summed E-state index contributed by atoms with van der Waals surface area (Å²) in [6.45, 7) is 3.41. The molecular weight excluding hydrogens is 400 g/mol. The largest absolute Gasteiger partial charge is 0.284 e. The van der Waals surface area contributed by atoms with Crippen molar-refractivity contribution in [3.8, 4) is 11.4 Å². The Morgan fingerprint density at radius 2 is 1.56 bits per heavy atom. The maximum atomic E-state index is 13.4. The summed E-state index contributed by atoms with van der Waals surface area (Å²) in [6, 6.07) is 24.4. The average molecular weight is 420 g/mol. The monoisotopic (exact) mass is 420 g/mol. The van der Waals surface area contributed by atoms with Crippen molar-refractivity contribution in [1.29, 1.82) is 0 Å². The molecule has 0 aliphatic heterocycles. The second-order valence-corrected chi connectivity index (χ2v) is 7.55. The Hall–Kier alpha value is -4.32. The molecule has 0 spiro atoms. The van der Waals surface area contributed by atoms with Crippen LogP contribution in [0.25, 0.3) is 33.2 Å². The molecule has 0 bridgehead atoms. The highest BCUT2D eigenvalue weighted by molar-refractivity contribution is 6.05. The second-order valence-electron chi connectivity index (χ2n) is 7.55. The second kappa shape index (κ2) is 7.74. The Balaban J connectivity index is 1.77. The van der Waals surface area contributed by atoms with Crippen LogP contribution in [0.3, 0.4) is 0 Å². The van der Waals surface area contributed by atoms with Crippen LogP contribution in [0.4, 0.5) is 0 Å². The van der Waals surface area contributed by atoms with E-state index in [0.717, 1.165) is 27.7 Å². The molecule has 6 nitrogen and oxygen atoms in total.